The summed E-state index contributed by atoms with van der Waals surface area (Å²) in [5, 5.41) is 1.18. The van der Waals surface area contributed by atoms with Gasteiger partial charge >= 0.3 is 0 Å². The number of halogens is 1. The van der Waals surface area contributed by atoms with Gasteiger partial charge in [0, 0.05) is 10.9 Å². The summed E-state index contributed by atoms with van der Waals surface area (Å²) in [5.74, 6) is 0.896. The average molecular weight is 346 g/mol. The average Bonchev–Trinajstić information content (AvgIpc) is 3.23. The summed E-state index contributed by atoms with van der Waals surface area (Å²) in [5.41, 5.74) is 6.52. The van der Waals surface area contributed by atoms with Gasteiger partial charge < -0.3 is 9.97 Å². The van der Waals surface area contributed by atoms with Crippen LogP contribution < -0.4 is 0 Å². The van der Waals surface area contributed by atoms with Crippen molar-refractivity contribution in [3.05, 3.63) is 78.9 Å². The molecule has 2 heterocycles. The van der Waals surface area contributed by atoms with E-state index in [0.717, 1.165) is 39.2 Å². The van der Waals surface area contributed by atoms with E-state index in [9.17, 15) is 0 Å². The number of rotatable bonds is 2. The van der Waals surface area contributed by atoms with Crippen LogP contribution in [0.1, 0.15) is 0 Å². The maximum atomic E-state index is 4.82. The molecule has 0 atom stereocenters. The number of hydrogen-bond acceptors (Lipinski definition) is 1. The molecule has 0 spiro atoms. The fourth-order valence-corrected chi connectivity index (χ4v) is 3.28. The molecule has 2 aromatic heterocycles. The topological polar surface area (TPSA) is 44.5 Å². The lowest BCUT2D eigenvalue weighted by molar-refractivity contribution is 1.34. The third-order valence-electron chi connectivity index (χ3n) is 4.39. The molecule has 0 radical (unpaired) electrons. The minimum atomic E-state index is 0. The van der Waals surface area contributed by atoms with Crippen LogP contribution in [0.2, 0.25) is 0 Å². The molecule has 122 valence electrons. The predicted octanol–water partition coefficient (Wildman–Crippen LogP) is 5.80. The number of nitrogens with one attached hydrogen (secondary N) is 2. The van der Waals surface area contributed by atoms with E-state index in [1.807, 2.05) is 24.3 Å². The van der Waals surface area contributed by atoms with E-state index >= 15 is 0 Å². The van der Waals surface area contributed by atoms with Gasteiger partial charge in [-0.1, -0.05) is 60.7 Å². The Hall–Kier alpha value is -3.04. The van der Waals surface area contributed by atoms with Crippen LogP contribution in [0.25, 0.3) is 44.6 Å². The van der Waals surface area contributed by atoms with Crippen molar-refractivity contribution in [3.8, 4) is 22.6 Å². The Morgan fingerprint density at radius 1 is 0.640 bits per heavy atom. The molecule has 25 heavy (non-hydrogen) atoms. The van der Waals surface area contributed by atoms with Crippen LogP contribution >= 0.6 is 12.4 Å². The van der Waals surface area contributed by atoms with Crippen LogP contribution in [-0.2, 0) is 0 Å². The summed E-state index contributed by atoms with van der Waals surface area (Å²) < 4.78 is 0. The van der Waals surface area contributed by atoms with Gasteiger partial charge in [-0.2, -0.15) is 0 Å². The molecule has 0 fully saturated rings. The van der Waals surface area contributed by atoms with Gasteiger partial charge in [0.2, 0.25) is 0 Å². The van der Waals surface area contributed by atoms with Crippen molar-refractivity contribution in [1.29, 1.82) is 0 Å². The molecule has 5 aromatic rings. The van der Waals surface area contributed by atoms with Crippen LogP contribution in [-0.4, -0.2) is 15.0 Å². The van der Waals surface area contributed by atoms with Crippen molar-refractivity contribution in [1.82, 2.24) is 15.0 Å². The van der Waals surface area contributed by atoms with Crippen LogP contribution in [0.15, 0.2) is 78.9 Å². The van der Waals surface area contributed by atoms with Crippen LogP contribution in [0.3, 0.4) is 0 Å². The van der Waals surface area contributed by atoms with Gasteiger partial charge in [0.15, 0.2) is 0 Å². The molecule has 0 amide bonds. The second-order valence-electron chi connectivity index (χ2n) is 5.89. The summed E-state index contributed by atoms with van der Waals surface area (Å²) in [6.45, 7) is 0. The second-order valence-corrected chi connectivity index (χ2v) is 5.89. The molecule has 0 aliphatic heterocycles. The minimum Gasteiger partial charge on any atom is -0.354 e. The molecule has 0 saturated heterocycles. The van der Waals surface area contributed by atoms with Gasteiger partial charge in [-0.25, -0.2) is 4.98 Å². The summed E-state index contributed by atoms with van der Waals surface area (Å²) in [4.78, 5) is 11.8. The lowest BCUT2D eigenvalue weighted by Gasteiger charge is -2.02. The molecular weight excluding hydrogens is 330 g/mol. The van der Waals surface area contributed by atoms with E-state index in [1.165, 1.54) is 5.39 Å². The zero-order valence-electron chi connectivity index (χ0n) is 13.4. The summed E-state index contributed by atoms with van der Waals surface area (Å²) in [6.07, 6.45) is 0. The molecule has 2 N–H and O–H groups in total. The number of benzene rings is 3. The Kier molecular flexibility index (Phi) is 3.79. The molecule has 3 aromatic carbocycles. The highest BCUT2D eigenvalue weighted by Crippen LogP contribution is 2.37. The van der Waals surface area contributed by atoms with E-state index in [-0.39, 0.29) is 12.4 Å². The normalized spacial score (nSPS) is 10.9. The van der Waals surface area contributed by atoms with Crippen molar-refractivity contribution in [2.24, 2.45) is 0 Å². The Morgan fingerprint density at radius 3 is 2.12 bits per heavy atom. The Morgan fingerprint density at radius 2 is 1.32 bits per heavy atom. The van der Waals surface area contributed by atoms with Crippen molar-refractivity contribution >= 4 is 34.3 Å². The third kappa shape index (κ3) is 2.49. The smallest absolute Gasteiger partial charge is 0.141 e. The third-order valence-corrected chi connectivity index (χ3v) is 4.39. The number of fused-ring (bicyclic) bond motifs is 2. The minimum absolute atomic E-state index is 0. The van der Waals surface area contributed by atoms with Crippen molar-refractivity contribution in [2.75, 3.05) is 0 Å². The zero-order valence-corrected chi connectivity index (χ0v) is 14.2. The van der Waals surface area contributed by atoms with Gasteiger partial charge in [-0.05, 0) is 23.8 Å². The van der Waals surface area contributed by atoms with Crippen molar-refractivity contribution < 1.29 is 0 Å². The van der Waals surface area contributed by atoms with E-state index < -0.39 is 0 Å². The van der Waals surface area contributed by atoms with Gasteiger partial charge in [0.25, 0.3) is 0 Å². The second kappa shape index (κ2) is 6.11. The number of aromatic amines is 2. The molecule has 0 bridgehead atoms. The van der Waals surface area contributed by atoms with E-state index in [1.54, 1.807) is 0 Å². The van der Waals surface area contributed by atoms with Gasteiger partial charge in [0.1, 0.15) is 5.82 Å². The summed E-state index contributed by atoms with van der Waals surface area (Å²) >= 11 is 0. The maximum Gasteiger partial charge on any atom is 0.141 e. The molecule has 3 nitrogen and oxygen atoms in total. The number of H-pyrrole nitrogens is 2. The molecular formula is C21H16ClN3. The Balaban J connectivity index is 0.00000157. The van der Waals surface area contributed by atoms with Crippen molar-refractivity contribution in [3.63, 3.8) is 0 Å². The fraction of sp³-hybridized carbons (Fsp3) is 0. The van der Waals surface area contributed by atoms with Crippen molar-refractivity contribution in [2.45, 2.75) is 0 Å². The summed E-state index contributed by atoms with van der Waals surface area (Å²) in [7, 11) is 0. The number of imidazole rings is 1. The highest BCUT2D eigenvalue weighted by atomic mass is 35.5. The zero-order chi connectivity index (χ0) is 15.9. The highest BCUT2D eigenvalue weighted by Gasteiger charge is 2.17. The largest absolute Gasteiger partial charge is 0.354 e. The lowest BCUT2D eigenvalue weighted by atomic mass is 10.0. The first-order chi connectivity index (χ1) is 11.9. The van der Waals surface area contributed by atoms with Gasteiger partial charge in [0.05, 0.1) is 22.3 Å². The van der Waals surface area contributed by atoms with Crippen LogP contribution in [0, 0.1) is 0 Å². The Labute approximate surface area is 151 Å². The number of nitrogens with zero attached hydrogens (tertiary/aromatic N) is 1. The number of hydrogen-bond donors (Lipinski definition) is 2. The van der Waals surface area contributed by atoms with Crippen LogP contribution in [0.5, 0.6) is 0 Å². The first-order valence-electron chi connectivity index (χ1n) is 8.01. The van der Waals surface area contributed by atoms with E-state index in [0.29, 0.717) is 0 Å². The fourth-order valence-electron chi connectivity index (χ4n) is 3.28. The monoisotopic (exact) mass is 345 g/mol. The van der Waals surface area contributed by atoms with Crippen LogP contribution in [0.4, 0.5) is 0 Å². The molecule has 0 unspecified atom stereocenters. The first-order valence-corrected chi connectivity index (χ1v) is 8.01. The summed E-state index contributed by atoms with van der Waals surface area (Å²) in [6, 6.07) is 26.9. The van der Waals surface area contributed by atoms with E-state index in [4.69, 9.17) is 4.98 Å². The molecule has 0 aliphatic carbocycles. The highest BCUT2D eigenvalue weighted by molar-refractivity contribution is 6.03. The molecule has 0 saturated carbocycles. The lowest BCUT2D eigenvalue weighted by Crippen LogP contribution is -1.84. The van der Waals surface area contributed by atoms with Gasteiger partial charge in [-0.3, -0.25) is 0 Å². The first kappa shape index (κ1) is 15.5. The molecule has 0 aliphatic rings. The number of para-hydroxylation sites is 3. The SMILES string of the molecule is Cl.c1ccc(-c2[nH]c3ccccc3c2-c2nc3ccccc3[nH]2)cc1. The standard InChI is InChI=1S/C21H15N3.ClH/c1-2-8-14(9-3-1)20-19(15-10-4-5-11-16(15)22-20)21-23-17-12-6-7-13-18(17)24-21;/h1-13,22H,(H,23,24);1H. The Bertz CT molecular complexity index is 1120. The maximum absolute atomic E-state index is 4.82. The molecule has 5 rings (SSSR count). The number of aromatic nitrogens is 3. The molecule has 4 heteroatoms. The van der Waals surface area contributed by atoms with E-state index in [2.05, 4.69) is 64.6 Å². The predicted molar refractivity (Wildman–Crippen MR) is 106 cm³/mol. The quantitative estimate of drug-likeness (QED) is 0.417. The van der Waals surface area contributed by atoms with Gasteiger partial charge in [-0.15, -0.1) is 12.4 Å².